The van der Waals surface area contributed by atoms with Gasteiger partial charge in [-0.1, -0.05) is 24.3 Å². The summed E-state index contributed by atoms with van der Waals surface area (Å²) in [5.74, 6) is -1.17. The molecule has 0 aliphatic heterocycles. The van der Waals surface area contributed by atoms with Crippen LogP contribution < -0.4 is 14.8 Å². The molecule has 1 amide bonds. The molecule has 0 fully saturated rings. The third kappa shape index (κ3) is 4.74. The fraction of sp³-hybridized carbons (Fsp3) is 0.0952. The molecular formula is C21H19FN2O4S2. The zero-order chi connectivity index (χ0) is 21.7. The molecule has 0 atom stereocenters. The number of carbonyl (C=O) groups is 1. The number of rotatable bonds is 7. The molecule has 30 heavy (non-hydrogen) atoms. The molecule has 3 aromatic rings. The zero-order valence-electron chi connectivity index (χ0n) is 16.2. The molecule has 0 aliphatic rings. The van der Waals surface area contributed by atoms with Gasteiger partial charge in [-0.2, -0.15) is 0 Å². The molecule has 0 spiro atoms. The molecular weight excluding hydrogens is 427 g/mol. The third-order valence-corrected chi connectivity index (χ3v) is 6.36. The lowest BCUT2D eigenvalue weighted by atomic mass is 10.2. The van der Waals surface area contributed by atoms with E-state index in [1.54, 1.807) is 18.2 Å². The largest absolute Gasteiger partial charge is 0.495 e. The Bertz CT molecular complexity index is 1180. The number of sulfonamides is 1. The van der Waals surface area contributed by atoms with Crippen molar-refractivity contribution in [3.8, 4) is 5.75 Å². The van der Waals surface area contributed by atoms with Crippen molar-refractivity contribution >= 4 is 39.1 Å². The molecule has 9 heteroatoms. The highest BCUT2D eigenvalue weighted by molar-refractivity contribution is 7.99. The van der Waals surface area contributed by atoms with Crippen molar-refractivity contribution in [1.82, 2.24) is 0 Å². The van der Waals surface area contributed by atoms with E-state index in [0.717, 1.165) is 4.90 Å². The second-order valence-electron chi connectivity index (χ2n) is 6.10. The number of benzene rings is 3. The minimum absolute atomic E-state index is 0.0805. The van der Waals surface area contributed by atoms with Gasteiger partial charge in [0.2, 0.25) is 0 Å². The number of thioether (sulfide) groups is 1. The summed E-state index contributed by atoms with van der Waals surface area (Å²) < 4.78 is 47.5. The predicted molar refractivity (Wildman–Crippen MR) is 116 cm³/mol. The SMILES string of the molecule is COc1ccc(S(=O)(=O)Nc2ccccc2SC)cc1NC(=O)c1ccccc1F. The number of para-hydroxylation sites is 1. The van der Waals surface area contributed by atoms with Crippen LogP contribution >= 0.6 is 11.8 Å². The summed E-state index contributed by atoms with van der Waals surface area (Å²) in [6, 6.07) is 16.6. The van der Waals surface area contributed by atoms with E-state index in [1.165, 1.54) is 61.3 Å². The van der Waals surface area contributed by atoms with Crippen molar-refractivity contribution < 1.29 is 22.3 Å². The highest BCUT2D eigenvalue weighted by Gasteiger charge is 2.20. The molecule has 3 rings (SSSR count). The standard InChI is InChI=1S/C21H19FN2O4S2/c1-28-19-12-11-14(30(26,27)24-17-9-5-6-10-20(17)29-2)13-18(19)23-21(25)15-7-3-4-8-16(15)22/h3-13,24H,1-2H3,(H,23,25). The molecule has 0 saturated heterocycles. The van der Waals surface area contributed by atoms with Gasteiger partial charge in [0.15, 0.2) is 0 Å². The van der Waals surface area contributed by atoms with Crippen LogP contribution in [0.15, 0.2) is 76.5 Å². The smallest absolute Gasteiger partial charge is 0.262 e. The van der Waals surface area contributed by atoms with E-state index in [-0.39, 0.29) is 21.9 Å². The van der Waals surface area contributed by atoms with Crippen LogP contribution in [0.4, 0.5) is 15.8 Å². The molecule has 2 N–H and O–H groups in total. The number of amides is 1. The first-order chi connectivity index (χ1) is 14.4. The van der Waals surface area contributed by atoms with Gasteiger partial charge in [0.25, 0.3) is 15.9 Å². The number of anilines is 2. The molecule has 156 valence electrons. The highest BCUT2D eigenvalue weighted by atomic mass is 32.2. The van der Waals surface area contributed by atoms with Gasteiger partial charge in [-0.3, -0.25) is 9.52 Å². The second kappa shape index (κ2) is 9.19. The van der Waals surface area contributed by atoms with Crippen molar-refractivity contribution in [2.45, 2.75) is 9.79 Å². The van der Waals surface area contributed by atoms with Gasteiger partial charge in [-0.05, 0) is 48.7 Å². The fourth-order valence-electron chi connectivity index (χ4n) is 2.72. The van der Waals surface area contributed by atoms with Gasteiger partial charge >= 0.3 is 0 Å². The average Bonchev–Trinajstić information content (AvgIpc) is 2.74. The van der Waals surface area contributed by atoms with Crippen LogP contribution in [0.25, 0.3) is 0 Å². The molecule has 3 aromatic carbocycles. The van der Waals surface area contributed by atoms with Crippen LogP contribution in [0.1, 0.15) is 10.4 Å². The monoisotopic (exact) mass is 446 g/mol. The van der Waals surface area contributed by atoms with Gasteiger partial charge in [-0.15, -0.1) is 11.8 Å². The van der Waals surface area contributed by atoms with E-state index in [2.05, 4.69) is 10.0 Å². The van der Waals surface area contributed by atoms with E-state index in [1.807, 2.05) is 12.3 Å². The van der Waals surface area contributed by atoms with Gasteiger partial charge in [-0.25, -0.2) is 12.8 Å². The van der Waals surface area contributed by atoms with Crippen LogP contribution in [0.5, 0.6) is 5.75 Å². The Morgan fingerprint density at radius 2 is 1.70 bits per heavy atom. The maximum Gasteiger partial charge on any atom is 0.262 e. The van der Waals surface area contributed by atoms with E-state index < -0.39 is 21.7 Å². The number of nitrogens with one attached hydrogen (secondary N) is 2. The molecule has 6 nitrogen and oxygen atoms in total. The van der Waals surface area contributed by atoms with Gasteiger partial charge in [0, 0.05) is 4.90 Å². The topological polar surface area (TPSA) is 84.5 Å². The Hall–Kier alpha value is -3.04. The summed E-state index contributed by atoms with van der Waals surface area (Å²) in [6.45, 7) is 0. The van der Waals surface area contributed by atoms with Crippen LogP contribution in [0, 0.1) is 5.82 Å². The Morgan fingerprint density at radius 1 is 1.00 bits per heavy atom. The summed E-state index contributed by atoms with van der Waals surface area (Å²) in [5.41, 5.74) is 0.379. The van der Waals surface area contributed by atoms with Gasteiger partial charge in [0.05, 0.1) is 28.9 Å². The molecule has 0 radical (unpaired) electrons. The predicted octanol–water partition coefficient (Wildman–Crippen LogP) is 4.61. The van der Waals surface area contributed by atoms with Crippen LogP contribution in [-0.2, 0) is 10.0 Å². The lowest BCUT2D eigenvalue weighted by Gasteiger charge is -2.14. The molecule has 0 unspecified atom stereocenters. The zero-order valence-corrected chi connectivity index (χ0v) is 17.8. The van der Waals surface area contributed by atoms with Crippen molar-refractivity contribution in [2.75, 3.05) is 23.4 Å². The van der Waals surface area contributed by atoms with Crippen molar-refractivity contribution in [2.24, 2.45) is 0 Å². The van der Waals surface area contributed by atoms with Crippen LogP contribution in [-0.4, -0.2) is 27.7 Å². The first-order valence-electron chi connectivity index (χ1n) is 8.75. The summed E-state index contributed by atoms with van der Waals surface area (Å²) >= 11 is 1.41. The lowest BCUT2D eigenvalue weighted by molar-refractivity contribution is 0.102. The summed E-state index contributed by atoms with van der Waals surface area (Å²) in [7, 11) is -2.56. The first-order valence-corrected chi connectivity index (χ1v) is 11.5. The molecule has 0 aromatic heterocycles. The van der Waals surface area contributed by atoms with E-state index >= 15 is 0 Å². The second-order valence-corrected chi connectivity index (χ2v) is 8.63. The molecule has 0 bridgehead atoms. The highest BCUT2D eigenvalue weighted by Crippen LogP contribution is 2.31. The summed E-state index contributed by atoms with van der Waals surface area (Å²) in [4.78, 5) is 13.1. The quantitative estimate of drug-likeness (QED) is 0.518. The van der Waals surface area contributed by atoms with E-state index in [0.29, 0.717) is 5.69 Å². The number of hydrogen-bond donors (Lipinski definition) is 2. The van der Waals surface area contributed by atoms with Crippen LogP contribution in [0.3, 0.4) is 0 Å². The van der Waals surface area contributed by atoms with E-state index in [9.17, 15) is 17.6 Å². The van der Waals surface area contributed by atoms with Crippen LogP contribution in [0.2, 0.25) is 0 Å². The third-order valence-electron chi connectivity index (χ3n) is 4.20. The first kappa shape index (κ1) is 21.7. The maximum absolute atomic E-state index is 13.9. The van der Waals surface area contributed by atoms with Gasteiger partial charge < -0.3 is 10.1 Å². The molecule has 0 heterocycles. The molecule has 0 saturated carbocycles. The average molecular weight is 447 g/mol. The Kier molecular flexibility index (Phi) is 6.63. The Morgan fingerprint density at radius 3 is 2.40 bits per heavy atom. The minimum atomic E-state index is -3.95. The number of hydrogen-bond acceptors (Lipinski definition) is 5. The number of halogens is 1. The molecule has 0 aliphatic carbocycles. The number of methoxy groups -OCH3 is 1. The van der Waals surface area contributed by atoms with Gasteiger partial charge in [0.1, 0.15) is 11.6 Å². The minimum Gasteiger partial charge on any atom is -0.495 e. The van der Waals surface area contributed by atoms with Crippen molar-refractivity contribution in [1.29, 1.82) is 0 Å². The maximum atomic E-state index is 13.9. The fourth-order valence-corrected chi connectivity index (χ4v) is 4.44. The van der Waals surface area contributed by atoms with Crippen molar-refractivity contribution in [3.05, 3.63) is 78.1 Å². The number of ether oxygens (including phenoxy) is 1. The van der Waals surface area contributed by atoms with E-state index in [4.69, 9.17) is 4.74 Å². The Balaban J connectivity index is 1.93. The number of carbonyl (C=O) groups excluding carboxylic acids is 1. The summed E-state index contributed by atoms with van der Waals surface area (Å²) in [5, 5.41) is 2.52. The lowest BCUT2D eigenvalue weighted by Crippen LogP contribution is -2.16. The van der Waals surface area contributed by atoms with Crippen molar-refractivity contribution in [3.63, 3.8) is 0 Å². The Labute approximate surface area is 178 Å². The summed E-state index contributed by atoms with van der Waals surface area (Å²) in [6.07, 6.45) is 1.84. The normalized spacial score (nSPS) is 11.0.